The Bertz CT molecular complexity index is 1110. The maximum absolute atomic E-state index is 13.1. The molecule has 0 aliphatic rings. The highest BCUT2D eigenvalue weighted by molar-refractivity contribution is 7.18. The molecule has 1 aromatic carbocycles. The number of urea groups is 1. The summed E-state index contributed by atoms with van der Waals surface area (Å²) in [5, 5.41) is 5.93. The summed E-state index contributed by atoms with van der Waals surface area (Å²) < 4.78 is 11.1. The number of hydrogen-bond acceptors (Lipinski definition) is 6. The molecule has 0 saturated carbocycles. The first kappa shape index (κ1) is 36.3. The Morgan fingerprint density at radius 1 is 0.767 bits per heavy atom. The first-order valence-corrected chi connectivity index (χ1v) is 17.1. The van der Waals surface area contributed by atoms with Crippen molar-refractivity contribution in [2.24, 2.45) is 0 Å². The first-order chi connectivity index (χ1) is 20.6. The number of hydrogen-bond donors (Lipinski definition) is 2. The Labute approximate surface area is 263 Å². The van der Waals surface area contributed by atoms with E-state index in [4.69, 9.17) is 9.47 Å². The van der Waals surface area contributed by atoms with E-state index in [9.17, 15) is 14.4 Å². The molecule has 0 fully saturated rings. The Balaban J connectivity index is 1.77. The molecule has 240 valence electrons. The van der Waals surface area contributed by atoms with Crippen LogP contribution in [0.2, 0.25) is 0 Å². The predicted molar refractivity (Wildman–Crippen MR) is 177 cm³/mol. The van der Waals surface area contributed by atoms with Crippen LogP contribution in [-0.2, 0) is 16.1 Å². The van der Waals surface area contributed by atoms with Gasteiger partial charge in [-0.05, 0) is 45.2 Å². The minimum atomic E-state index is -0.729. The maximum Gasteiger partial charge on any atom is 0.349 e. The van der Waals surface area contributed by atoms with E-state index in [0.29, 0.717) is 12.1 Å². The fraction of sp³-hybridized carbons (Fsp3) is 0.629. The van der Waals surface area contributed by atoms with Crippen molar-refractivity contribution in [2.45, 2.75) is 137 Å². The monoisotopic (exact) mass is 614 g/mol. The average molecular weight is 615 g/mol. The van der Waals surface area contributed by atoms with Crippen molar-refractivity contribution in [1.29, 1.82) is 0 Å². The summed E-state index contributed by atoms with van der Waals surface area (Å²) in [5.74, 6) is -1.14. The molecule has 2 N–H and O–H groups in total. The third-order valence-electron chi connectivity index (χ3n) is 7.19. The summed E-state index contributed by atoms with van der Waals surface area (Å²) in [6, 6.07) is 8.97. The topological polar surface area (TPSA) is 93.7 Å². The third kappa shape index (κ3) is 14.9. The van der Waals surface area contributed by atoms with Gasteiger partial charge in [0.05, 0.1) is 5.56 Å². The molecule has 0 atom stereocenters. The van der Waals surface area contributed by atoms with Crippen LogP contribution >= 0.6 is 11.3 Å². The maximum atomic E-state index is 13.1. The Morgan fingerprint density at radius 2 is 1.30 bits per heavy atom. The SMILES string of the molecule is CCCCCCCCCCCCCCCCNC(=O)Nc1sc(C(=O)OCc2ccccc2)c(C)c1C(=O)OC(C)(C)C. The van der Waals surface area contributed by atoms with E-state index >= 15 is 0 Å². The molecule has 2 amide bonds. The Kier molecular flexibility index (Phi) is 17.0. The molecule has 0 aliphatic heterocycles. The molecule has 2 aromatic rings. The number of esters is 2. The standard InChI is InChI=1S/C35H54N2O5S/c1-6-7-8-9-10-11-12-13-14-15-16-17-18-22-25-36-34(40)37-31-29(32(38)42-35(3,4)5)27(2)30(43-31)33(39)41-26-28-23-20-19-21-24-28/h19-21,23-24H,6-18,22,25-26H2,1-5H3,(H2,36,37,40). The quantitative estimate of drug-likeness (QED) is 0.114. The van der Waals surface area contributed by atoms with Crippen molar-refractivity contribution >= 4 is 34.3 Å². The van der Waals surface area contributed by atoms with Crippen molar-refractivity contribution in [3.8, 4) is 0 Å². The van der Waals surface area contributed by atoms with Gasteiger partial charge in [0.25, 0.3) is 0 Å². The van der Waals surface area contributed by atoms with Crippen LogP contribution in [0.3, 0.4) is 0 Å². The van der Waals surface area contributed by atoms with Gasteiger partial charge >= 0.3 is 18.0 Å². The molecule has 0 saturated heterocycles. The summed E-state index contributed by atoms with van der Waals surface area (Å²) in [6.45, 7) is 9.92. The lowest BCUT2D eigenvalue weighted by atomic mass is 10.0. The van der Waals surface area contributed by atoms with Gasteiger partial charge in [0.2, 0.25) is 0 Å². The van der Waals surface area contributed by atoms with E-state index in [2.05, 4.69) is 17.6 Å². The largest absolute Gasteiger partial charge is 0.457 e. The number of anilines is 1. The lowest BCUT2D eigenvalue weighted by Crippen LogP contribution is -2.30. The zero-order valence-electron chi connectivity index (χ0n) is 27.1. The number of unbranched alkanes of at least 4 members (excludes halogenated alkanes) is 13. The number of amides is 2. The summed E-state index contributed by atoms with van der Waals surface area (Å²) in [6.07, 6.45) is 17.9. The van der Waals surface area contributed by atoms with Gasteiger partial charge in [0.1, 0.15) is 22.1 Å². The zero-order chi connectivity index (χ0) is 31.5. The summed E-state index contributed by atoms with van der Waals surface area (Å²) in [4.78, 5) is 39.0. The van der Waals surface area contributed by atoms with Crippen LogP contribution in [0.1, 0.15) is 149 Å². The third-order valence-corrected chi connectivity index (χ3v) is 8.38. The number of carbonyl (C=O) groups excluding carboxylic acids is 3. The average Bonchev–Trinajstić information content (AvgIpc) is 3.28. The smallest absolute Gasteiger partial charge is 0.349 e. The van der Waals surface area contributed by atoms with Gasteiger partial charge in [0, 0.05) is 6.54 Å². The van der Waals surface area contributed by atoms with E-state index in [1.54, 1.807) is 27.7 Å². The zero-order valence-corrected chi connectivity index (χ0v) is 28.0. The predicted octanol–water partition coefficient (Wildman–Crippen LogP) is 9.97. The van der Waals surface area contributed by atoms with Gasteiger partial charge < -0.3 is 14.8 Å². The second-order valence-electron chi connectivity index (χ2n) is 12.3. The molecule has 0 aliphatic carbocycles. The molecular weight excluding hydrogens is 560 g/mol. The molecule has 1 heterocycles. The van der Waals surface area contributed by atoms with Crippen molar-refractivity contribution < 1.29 is 23.9 Å². The van der Waals surface area contributed by atoms with Crippen molar-refractivity contribution in [3.63, 3.8) is 0 Å². The Hall–Kier alpha value is -2.87. The van der Waals surface area contributed by atoms with Crippen LogP contribution < -0.4 is 10.6 Å². The van der Waals surface area contributed by atoms with Gasteiger partial charge in [-0.2, -0.15) is 0 Å². The van der Waals surface area contributed by atoms with E-state index < -0.39 is 23.6 Å². The molecule has 1 aromatic heterocycles. The molecule has 0 bridgehead atoms. The lowest BCUT2D eigenvalue weighted by Gasteiger charge is -2.20. The molecule has 0 spiro atoms. The Morgan fingerprint density at radius 3 is 1.84 bits per heavy atom. The van der Waals surface area contributed by atoms with Crippen molar-refractivity contribution in [2.75, 3.05) is 11.9 Å². The van der Waals surface area contributed by atoms with Crippen LogP contribution in [-0.4, -0.2) is 30.1 Å². The van der Waals surface area contributed by atoms with Gasteiger partial charge in [-0.15, -0.1) is 11.3 Å². The number of carbonyl (C=O) groups is 3. The minimum Gasteiger partial charge on any atom is -0.457 e. The second-order valence-corrected chi connectivity index (χ2v) is 13.3. The molecule has 0 unspecified atom stereocenters. The van der Waals surface area contributed by atoms with Gasteiger partial charge in [-0.3, -0.25) is 5.32 Å². The summed E-state index contributed by atoms with van der Waals surface area (Å²) >= 11 is 1.03. The van der Waals surface area contributed by atoms with E-state index in [1.165, 1.54) is 77.0 Å². The highest BCUT2D eigenvalue weighted by Crippen LogP contribution is 2.35. The van der Waals surface area contributed by atoms with Gasteiger partial charge in [-0.1, -0.05) is 121 Å². The molecule has 7 nitrogen and oxygen atoms in total. The molecular formula is C35H54N2O5S. The van der Waals surface area contributed by atoms with Crippen LogP contribution in [0.25, 0.3) is 0 Å². The summed E-state index contributed by atoms with van der Waals surface area (Å²) in [5.41, 5.74) is 0.740. The molecule has 43 heavy (non-hydrogen) atoms. The molecule has 8 heteroatoms. The highest BCUT2D eigenvalue weighted by atomic mass is 32.1. The van der Waals surface area contributed by atoms with E-state index in [-0.39, 0.29) is 22.0 Å². The molecule has 0 radical (unpaired) electrons. The van der Waals surface area contributed by atoms with E-state index in [1.807, 2.05) is 30.3 Å². The van der Waals surface area contributed by atoms with Crippen molar-refractivity contribution in [1.82, 2.24) is 5.32 Å². The van der Waals surface area contributed by atoms with Crippen LogP contribution in [0.5, 0.6) is 0 Å². The number of rotatable bonds is 20. The minimum absolute atomic E-state index is 0.112. The fourth-order valence-corrected chi connectivity index (χ4v) is 5.91. The number of nitrogens with one attached hydrogen (secondary N) is 2. The second kappa shape index (κ2) is 20.2. The van der Waals surface area contributed by atoms with Crippen LogP contribution in [0.15, 0.2) is 30.3 Å². The van der Waals surface area contributed by atoms with Crippen molar-refractivity contribution in [3.05, 3.63) is 51.9 Å². The van der Waals surface area contributed by atoms with Gasteiger partial charge in [0.15, 0.2) is 0 Å². The summed E-state index contributed by atoms with van der Waals surface area (Å²) in [7, 11) is 0. The lowest BCUT2D eigenvalue weighted by molar-refractivity contribution is 0.00705. The highest BCUT2D eigenvalue weighted by Gasteiger charge is 2.29. The number of ether oxygens (including phenoxy) is 2. The molecule has 2 rings (SSSR count). The number of thiophene rings is 1. The fourth-order valence-electron chi connectivity index (χ4n) is 4.83. The van der Waals surface area contributed by atoms with Crippen LogP contribution in [0, 0.1) is 6.92 Å². The first-order valence-electron chi connectivity index (χ1n) is 16.2. The number of benzene rings is 1. The normalized spacial score (nSPS) is 11.3. The van der Waals surface area contributed by atoms with E-state index in [0.717, 1.165) is 29.7 Å². The van der Waals surface area contributed by atoms with Crippen LogP contribution in [0.4, 0.5) is 9.80 Å². The van der Waals surface area contributed by atoms with Gasteiger partial charge in [-0.25, -0.2) is 14.4 Å².